The van der Waals surface area contributed by atoms with Crippen LogP contribution in [-0.2, 0) is 10.0 Å². The summed E-state index contributed by atoms with van der Waals surface area (Å²) in [6.07, 6.45) is 1.63. The Labute approximate surface area is 215 Å². The molecule has 0 bridgehead atoms. The number of hydrogen-bond acceptors (Lipinski definition) is 3. The number of anilines is 1. The van der Waals surface area contributed by atoms with Gasteiger partial charge in [0, 0.05) is 6.54 Å². The predicted octanol–water partition coefficient (Wildman–Crippen LogP) is 6.44. The number of urea groups is 1. The fourth-order valence-corrected chi connectivity index (χ4v) is 8.91. The molecule has 0 radical (unpaired) electrons. The minimum Gasteiger partial charge on any atom is -0.395 e. The molecule has 3 aromatic carbocycles. The number of aliphatic hydroxyl groups is 1. The van der Waals surface area contributed by atoms with Gasteiger partial charge in [-0.3, -0.25) is 4.90 Å². The van der Waals surface area contributed by atoms with E-state index < -0.39 is 13.9 Å². The van der Waals surface area contributed by atoms with E-state index in [1.165, 1.54) is 0 Å². The molecule has 3 aromatic rings. The number of hydrogen-bond donors (Lipinski definition) is 1. The van der Waals surface area contributed by atoms with Crippen LogP contribution in [-0.4, -0.2) is 43.2 Å². The number of amides is 2. The lowest BCUT2D eigenvalue weighted by Crippen LogP contribution is -2.49. The monoisotopic (exact) mass is 501 g/mol. The van der Waals surface area contributed by atoms with E-state index in [-0.39, 0.29) is 18.3 Å². The van der Waals surface area contributed by atoms with Crippen molar-refractivity contribution < 1.29 is 14.3 Å². The van der Waals surface area contributed by atoms with Gasteiger partial charge in [0.25, 0.3) is 0 Å². The Balaban J connectivity index is 1.65. The summed E-state index contributed by atoms with van der Waals surface area (Å²) < 4.78 is 7.07. The van der Waals surface area contributed by atoms with Crippen molar-refractivity contribution in [3.8, 4) is 0 Å². The first-order valence-electron chi connectivity index (χ1n) is 13.4. The second kappa shape index (κ2) is 9.92. The number of rotatable bonds is 9. The SMILES string of the molecule is CC[Si](CC)(CC)O[C@@H]1[C@@H]2CCCN2C(=O)N1c1ccc[c-]1C(O)(c1ccccc1)c1ccccc1. The van der Waals surface area contributed by atoms with Gasteiger partial charge < -0.3 is 14.4 Å². The van der Waals surface area contributed by atoms with Crippen molar-refractivity contribution in [2.45, 2.75) is 69.6 Å². The third-order valence-electron chi connectivity index (χ3n) is 8.46. The molecule has 6 heteroatoms. The van der Waals surface area contributed by atoms with E-state index in [4.69, 9.17) is 4.43 Å². The summed E-state index contributed by atoms with van der Waals surface area (Å²) in [5, 5.41) is 12.5. The van der Waals surface area contributed by atoms with Gasteiger partial charge in [-0.25, -0.2) is 10.9 Å². The van der Waals surface area contributed by atoms with Crippen molar-refractivity contribution in [3.63, 3.8) is 0 Å². The summed E-state index contributed by atoms with van der Waals surface area (Å²) in [6, 6.07) is 28.5. The number of fused-ring (bicyclic) bond motifs is 1. The zero-order valence-corrected chi connectivity index (χ0v) is 22.6. The Hall–Kier alpha value is -2.80. The van der Waals surface area contributed by atoms with Crippen LogP contribution < -0.4 is 4.90 Å². The average Bonchev–Trinajstić information content (AvgIpc) is 3.66. The van der Waals surface area contributed by atoms with Gasteiger partial charge in [0.15, 0.2) is 8.32 Å². The van der Waals surface area contributed by atoms with Crippen LogP contribution in [0.2, 0.25) is 18.1 Å². The molecule has 190 valence electrons. The Bertz CT molecular complexity index is 1130. The Morgan fingerprint density at radius 2 is 1.53 bits per heavy atom. The molecular formula is C30H37N2O3Si-. The van der Waals surface area contributed by atoms with Gasteiger partial charge in [-0.05, 0) is 42.1 Å². The maximum atomic E-state index is 13.9. The van der Waals surface area contributed by atoms with Gasteiger partial charge in [0.05, 0.1) is 11.6 Å². The maximum absolute atomic E-state index is 13.9. The third-order valence-corrected chi connectivity index (χ3v) is 13.1. The summed E-state index contributed by atoms with van der Waals surface area (Å²) in [5.74, 6) is 0. The van der Waals surface area contributed by atoms with Crippen molar-refractivity contribution >= 4 is 20.0 Å². The average molecular weight is 502 g/mol. The number of carbonyl (C=O) groups excluding carboxylic acids is 1. The lowest BCUT2D eigenvalue weighted by Gasteiger charge is -2.41. The van der Waals surface area contributed by atoms with Gasteiger partial charge >= 0.3 is 6.03 Å². The topological polar surface area (TPSA) is 53.0 Å². The Morgan fingerprint density at radius 1 is 0.944 bits per heavy atom. The second-order valence-corrected chi connectivity index (χ2v) is 14.8. The summed E-state index contributed by atoms with van der Waals surface area (Å²) in [4.78, 5) is 17.8. The summed E-state index contributed by atoms with van der Waals surface area (Å²) >= 11 is 0. The molecule has 0 aliphatic carbocycles. The van der Waals surface area contributed by atoms with Crippen molar-refractivity contribution in [1.29, 1.82) is 0 Å². The molecule has 0 aromatic heterocycles. The van der Waals surface area contributed by atoms with Gasteiger partial charge in [-0.15, -0.1) is 0 Å². The van der Waals surface area contributed by atoms with Crippen LogP contribution >= 0.6 is 0 Å². The normalized spacial score (nSPS) is 20.3. The molecular weight excluding hydrogens is 464 g/mol. The van der Waals surface area contributed by atoms with E-state index in [2.05, 4.69) is 20.8 Å². The highest BCUT2D eigenvalue weighted by Crippen LogP contribution is 2.46. The fraction of sp³-hybridized carbons (Fsp3) is 0.400. The number of carbonyl (C=O) groups is 1. The number of nitrogens with zero attached hydrogens (tertiary/aromatic N) is 2. The van der Waals surface area contributed by atoms with Crippen molar-refractivity contribution in [2.75, 3.05) is 11.4 Å². The van der Waals surface area contributed by atoms with Crippen LogP contribution in [0, 0.1) is 0 Å². The Kier molecular flexibility index (Phi) is 6.86. The first kappa shape index (κ1) is 24.9. The van der Waals surface area contributed by atoms with Gasteiger partial charge in [-0.2, -0.15) is 12.1 Å². The lowest BCUT2D eigenvalue weighted by molar-refractivity contribution is 0.124. The summed E-state index contributed by atoms with van der Waals surface area (Å²) in [7, 11) is -2.00. The molecule has 2 heterocycles. The molecule has 2 amide bonds. The Morgan fingerprint density at radius 3 is 2.08 bits per heavy atom. The van der Waals surface area contributed by atoms with Gasteiger partial charge in [0.1, 0.15) is 6.23 Å². The van der Waals surface area contributed by atoms with E-state index >= 15 is 0 Å². The molecule has 36 heavy (non-hydrogen) atoms. The molecule has 1 N–H and O–H groups in total. The maximum Gasteiger partial charge on any atom is 0.325 e. The highest BCUT2D eigenvalue weighted by molar-refractivity contribution is 6.73. The van der Waals surface area contributed by atoms with E-state index in [0.717, 1.165) is 54.3 Å². The van der Waals surface area contributed by atoms with E-state index in [1.54, 1.807) is 0 Å². The van der Waals surface area contributed by atoms with E-state index in [9.17, 15) is 9.90 Å². The molecule has 0 spiro atoms. The van der Waals surface area contributed by atoms with Gasteiger partial charge in [0.2, 0.25) is 0 Å². The molecule has 2 aliphatic heterocycles. The zero-order valence-electron chi connectivity index (χ0n) is 21.6. The van der Waals surface area contributed by atoms with E-state index in [1.807, 2.05) is 88.7 Å². The van der Waals surface area contributed by atoms with Crippen molar-refractivity contribution in [3.05, 3.63) is 95.6 Å². The summed E-state index contributed by atoms with van der Waals surface area (Å²) in [5.41, 5.74) is 1.58. The van der Waals surface area contributed by atoms with Crippen molar-refractivity contribution in [1.82, 2.24) is 4.90 Å². The molecule has 2 saturated heterocycles. The minimum atomic E-state index is -2.00. The van der Waals surface area contributed by atoms with Gasteiger partial charge in [-0.1, -0.05) is 92.7 Å². The quantitative estimate of drug-likeness (QED) is 0.271. The van der Waals surface area contributed by atoms with Crippen molar-refractivity contribution in [2.24, 2.45) is 0 Å². The molecule has 0 unspecified atom stereocenters. The molecule has 2 fully saturated rings. The zero-order chi connectivity index (χ0) is 25.3. The standard InChI is InChI=1S/C30H37N2O3Si/c1-4-36(5-2,6-3)35-28-27-21-14-22-31(27)29(33)32(28)26-20-13-19-25(26)30(34,23-15-9-7-10-16-23)24-17-11-8-12-18-24/h7-13,15-20,27-28,34H,4-6,14,21-22H2,1-3H3/q-1/t27-,28+/m0/s1. The molecule has 2 aliphatic rings. The van der Waals surface area contributed by atoms with E-state index in [0.29, 0.717) is 5.56 Å². The highest BCUT2D eigenvalue weighted by atomic mass is 28.4. The smallest absolute Gasteiger partial charge is 0.325 e. The molecule has 5 nitrogen and oxygen atoms in total. The van der Waals surface area contributed by atoms with Crippen LogP contribution in [0.1, 0.15) is 50.3 Å². The first-order valence-corrected chi connectivity index (χ1v) is 15.9. The summed E-state index contributed by atoms with van der Waals surface area (Å²) in [6.45, 7) is 7.44. The fourth-order valence-electron chi connectivity index (χ4n) is 6.14. The highest BCUT2D eigenvalue weighted by Gasteiger charge is 2.51. The van der Waals surface area contributed by atoms with Crippen LogP contribution in [0.25, 0.3) is 0 Å². The van der Waals surface area contributed by atoms with Crippen LogP contribution in [0.3, 0.4) is 0 Å². The second-order valence-electron chi connectivity index (χ2n) is 10.1. The molecule has 0 saturated carbocycles. The molecule has 5 rings (SSSR count). The minimum absolute atomic E-state index is 0.00960. The number of benzene rings is 2. The lowest BCUT2D eigenvalue weighted by atomic mass is 9.80. The first-order chi connectivity index (χ1) is 17.5. The van der Waals surface area contributed by atoms with Crippen LogP contribution in [0.4, 0.5) is 10.5 Å². The molecule has 2 atom stereocenters. The largest absolute Gasteiger partial charge is 0.395 e. The van der Waals surface area contributed by atoms with Crippen LogP contribution in [0.5, 0.6) is 0 Å². The predicted molar refractivity (Wildman–Crippen MR) is 147 cm³/mol. The van der Waals surface area contributed by atoms with Crippen LogP contribution in [0.15, 0.2) is 78.9 Å². The third kappa shape index (κ3) is 3.92.